The molecule has 172 valence electrons. The van der Waals surface area contributed by atoms with Crippen LogP contribution in [0, 0.1) is 0 Å². The Morgan fingerprint density at radius 3 is 1.88 bits per heavy atom. The summed E-state index contributed by atoms with van der Waals surface area (Å²) in [5, 5.41) is 5.32. The van der Waals surface area contributed by atoms with E-state index < -0.39 is 10.0 Å². The number of hydrogen-bond donors (Lipinski definition) is 3. The average Bonchev–Trinajstić information content (AvgIpc) is 2.80. The highest BCUT2D eigenvalue weighted by atomic mass is 32.2. The second-order valence-electron chi connectivity index (χ2n) is 6.89. The van der Waals surface area contributed by atoms with Gasteiger partial charge in [0.25, 0.3) is 15.9 Å². The maximum absolute atomic E-state index is 12.8. The quantitative estimate of drug-likeness (QED) is 0.462. The van der Waals surface area contributed by atoms with Gasteiger partial charge in [0.2, 0.25) is 5.91 Å². The van der Waals surface area contributed by atoms with Crippen molar-refractivity contribution in [1.82, 2.24) is 0 Å². The molecular weight excluding hydrogens is 446 g/mol. The van der Waals surface area contributed by atoms with Crippen LogP contribution in [0.25, 0.3) is 0 Å². The molecule has 10 heteroatoms. The van der Waals surface area contributed by atoms with Gasteiger partial charge in [0.15, 0.2) is 0 Å². The molecule has 0 spiro atoms. The Morgan fingerprint density at radius 2 is 1.36 bits per heavy atom. The van der Waals surface area contributed by atoms with Crippen molar-refractivity contribution in [2.45, 2.75) is 11.8 Å². The summed E-state index contributed by atoms with van der Waals surface area (Å²) >= 11 is 0. The molecular formula is C23H23N3O6S. The van der Waals surface area contributed by atoms with Gasteiger partial charge >= 0.3 is 0 Å². The van der Waals surface area contributed by atoms with Crippen molar-refractivity contribution >= 4 is 38.9 Å². The zero-order chi connectivity index (χ0) is 24.0. The van der Waals surface area contributed by atoms with E-state index in [0.717, 1.165) is 0 Å². The zero-order valence-electron chi connectivity index (χ0n) is 18.2. The van der Waals surface area contributed by atoms with Crippen LogP contribution in [0.4, 0.5) is 17.1 Å². The summed E-state index contributed by atoms with van der Waals surface area (Å²) in [6, 6.07) is 17.2. The Morgan fingerprint density at radius 1 is 0.788 bits per heavy atom. The summed E-state index contributed by atoms with van der Waals surface area (Å²) in [7, 11) is -1.16. The van der Waals surface area contributed by atoms with Crippen LogP contribution in [0.2, 0.25) is 0 Å². The Hall–Kier alpha value is -4.05. The number of sulfonamides is 1. The molecule has 3 N–H and O–H groups in total. The van der Waals surface area contributed by atoms with Crippen molar-refractivity contribution in [1.29, 1.82) is 0 Å². The molecule has 0 radical (unpaired) electrons. The first-order valence-corrected chi connectivity index (χ1v) is 11.2. The van der Waals surface area contributed by atoms with E-state index in [0.29, 0.717) is 11.3 Å². The second kappa shape index (κ2) is 10.0. The van der Waals surface area contributed by atoms with Crippen molar-refractivity contribution in [3.05, 3.63) is 72.3 Å². The first-order chi connectivity index (χ1) is 15.7. The molecule has 2 amide bonds. The van der Waals surface area contributed by atoms with Crippen molar-refractivity contribution in [2.75, 3.05) is 29.6 Å². The maximum Gasteiger partial charge on any atom is 0.261 e. The van der Waals surface area contributed by atoms with Gasteiger partial charge in [0, 0.05) is 30.3 Å². The van der Waals surface area contributed by atoms with Crippen LogP contribution in [0.15, 0.2) is 71.6 Å². The highest BCUT2D eigenvalue weighted by Crippen LogP contribution is 2.39. The summed E-state index contributed by atoms with van der Waals surface area (Å²) in [5.74, 6) is -0.225. The molecule has 33 heavy (non-hydrogen) atoms. The summed E-state index contributed by atoms with van der Waals surface area (Å²) in [6.07, 6.45) is 0. The number of carbonyl (C=O) groups is 2. The molecule has 0 heterocycles. The molecule has 0 saturated carbocycles. The lowest BCUT2D eigenvalue weighted by atomic mass is 10.2. The van der Waals surface area contributed by atoms with Gasteiger partial charge in [-0.3, -0.25) is 14.3 Å². The average molecular weight is 470 g/mol. The molecule has 3 aromatic rings. The standard InChI is InChI=1S/C23H23N3O6S/c1-15(27)24-17-9-11-19(12-10-17)33(29,30)26-18-13-20(31-2)22(21(14-18)32-3)25-23(28)16-7-5-4-6-8-16/h4-14,26H,1-3H3,(H,24,27)(H,25,28). The van der Waals surface area contributed by atoms with Crippen LogP contribution in [0.1, 0.15) is 17.3 Å². The normalized spacial score (nSPS) is 10.8. The topological polar surface area (TPSA) is 123 Å². The monoisotopic (exact) mass is 469 g/mol. The Kier molecular flexibility index (Phi) is 7.19. The third-order valence-corrected chi connectivity index (χ3v) is 5.91. The molecule has 0 unspecified atom stereocenters. The number of anilines is 3. The summed E-state index contributed by atoms with van der Waals surface area (Å²) in [4.78, 5) is 23.7. The molecule has 0 aromatic heterocycles. The SMILES string of the molecule is COc1cc(NS(=O)(=O)c2ccc(NC(C)=O)cc2)cc(OC)c1NC(=O)c1ccccc1. The van der Waals surface area contributed by atoms with Gasteiger partial charge in [-0.25, -0.2) is 8.42 Å². The van der Waals surface area contributed by atoms with Crippen molar-refractivity contribution in [2.24, 2.45) is 0 Å². The molecule has 0 fully saturated rings. The smallest absolute Gasteiger partial charge is 0.261 e. The van der Waals surface area contributed by atoms with E-state index in [1.165, 1.54) is 57.5 Å². The second-order valence-corrected chi connectivity index (χ2v) is 8.57. The van der Waals surface area contributed by atoms with Crippen LogP contribution in [0.5, 0.6) is 11.5 Å². The van der Waals surface area contributed by atoms with Crippen LogP contribution in [-0.4, -0.2) is 34.5 Å². The van der Waals surface area contributed by atoms with E-state index in [1.54, 1.807) is 30.3 Å². The van der Waals surface area contributed by atoms with Gasteiger partial charge in [-0.1, -0.05) is 18.2 Å². The number of carbonyl (C=O) groups excluding carboxylic acids is 2. The number of rotatable bonds is 8. The molecule has 0 aliphatic heterocycles. The molecule has 0 aliphatic carbocycles. The summed E-state index contributed by atoms with van der Waals surface area (Å²) < 4.78 is 38.9. The van der Waals surface area contributed by atoms with E-state index >= 15 is 0 Å². The minimum Gasteiger partial charge on any atom is -0.494 e. The van der Waals surface area contributed by atoms with Crippen LogP contribution in [-0.2, 0) is 14.8 Å². The highest BCUT2D eigenvalue weighted by Gasteiger charge is 2.20. The lowest BCUT2D eigenvalue weighted by molar-refractivity contribution is -0.114. The predicted molar refractivity (Wildman–Crippen MR) is 125 cm³/mol. The summed E-state index contributed by atoms with van der Waals surface area (Å²) in [6.45, 7) is 1.36. The fraction of sp³-hybridized carbons (Fsp3) is 0.130. The summed E-state index contributed by atoms with van der Waals surface area (Å²) in [5.41, 5.74) is 1.35. The number of ether oxygens (including phenoxy) is 2. The van der Waals surface area contributed by atoms with E-state index in [9.17, 15) is 18.0 Å². The van der Waals surface area contributed by atoms with Crippen LogP contribution in [0.3, 0.4) is 0 Å². The maximum atomic E-state index is 12.8. The van der Waals surface area contributed by atoms with Gasteiger partial charge in [0.05, 0.1) is 24.8 Å². The van der Waals surface area contributed by atoms with Crippen molar-refractivity contribution in [3.8, 4) is 11.5 Å². The van der Waals surface area contributed by atoms with Gasteiger partial charge in [-0.05, 0) is 36.4 Å². The molecule has 9 nitrogen and oxygen atoms in total. The van der Waals surface area contributed by atoms with Gasteiger partial charge < -0.3 is 20.1 Å². The molecule has 0 atom stereocenters. The largest absolute Gasteiger partial charge is 0.494 e. The number of nitrogens with one attached hydrogen (secondary N) is 3. The fourth-order valence-electron chi connectivity index (χ4n) is 3.00. The van der Waals surface area contributed by atoms with Crippen molar-refractivity contribution < 1.29 is 27.5 Å². The Balaban J connectivity index is 1.88. The van der Waals surface area contributed by atoms with E-state index in [1.807, 2.05) is 0 Å². The highest BCUT2D eigenvalue weighted by molar-refractivity contribution is 7.92. The van der Waals surface area contributed by atoms with Gasteiger partial charge in [-0.2, -0.15) is 0 Å². The van der Waals surface area contributed by atoms with E-state index in [2.05, 4.69) is 15.4 Å². The Labute approximate surface area is 191 Å². The number of methoxy groups -OCH3 is 2. The lowest BCUT2D eigenvalue weighted by Gasteiger charge is -2.17. The van der Waals surface area contributed by atoms with Gasteiger partial charge in [-0.15, -0.1) is 0 Å². The Bertz CT molecular complexity index is 1230. The van der Waals surface area contributed by atoms with Crippen LogP contribution < -0.4 is 24.8 Å². The first-order valence-electron chi connectivity index (χ1n) is 9.76. The van der Waals surface area contributed by atoms with Crippen molar-refractivity contribution in [3.63, 3.8) is 0 Å². The minimum absolute atomic E-state index is 0.00371. The molecule has 3 rings (SSSR count). The minimum atomic E-state index is -3.95. The van der Waals surface area contributed by atoms with Gasteiger partial charge in [0.1, 0.15) is 17.2 Å². The number of hydrogen-bond acceptors (Lipinski definition) is 6. The van der Waals surface area contributed by atoms with E-state index in [-0.39, 0.29) is 39.6 Å². The lowest BCUT2D eigenvalue weighted by Crippen LogP contribution is -2.15. The first kappa shape index (κ1) is 23.6. The molecule has 0 saturated heterocycles. The number of benzene rings is 3. The third kappa shape index (κ3) is 5.80. The fourth-order valence-corrected chi connectivity index (χ4v) is 4.04. The molecule has 3 aromatic carbocycles. The molecule has 0 bridgehead atoms. The number of amides is 2. The van der Waals surface area contributed by atoms with Crippen LogP contribution >= 0.6 is 0 Å². The zero-order valence-corrected chi connectivity index (χ0v) is 19.0. The molecule has 0 aliphatic rings. The third-order valence-electron chi connectivity index (χ3n) is 4.52. The van der Waals surface area contributed by atoms with E-state index in [4.69, 9.17) is 9.47 Å². The predicted octanol–water partition coefficient (Wildman–Crippen LogP) is 3.72.